The molecule has 0 aromatic heterocycles. The molecule has 0 aromatic carbocycles. The van der Waals surface area contributed by atoms with E-state index in [1.807, 2.05) is 27.7 Å². The van der Waals surface area contributed by atoms with E-state index in [2.05, 4.69) is 10.6 Å². The van der Waals surface area contributed by atoms with E-state index >= 15 is 0 Å². The minimum atomic E-state index is 0.237. The van der Waals surface area contributed by atoms with Gasteiger partial charge >= 0.3 is 0 Å². The van der Waals surface area contributed by atoms with Gasteiger partial charge in [0.15, 0.2) is 0 Å². The second kappa shape index (κ2) is 7.00. The Labute approximate surface area is 110 Å². The normalized spacial score (nSPS) is 36.9. The minimum absolute atomic E-state index is 0.237. The lowest BCUT2D eigenvalue weighted by molar-refractivity contribution is -0.124. The fourth-order valence-electron chi connectivity index (χ4n) is 2.13. The maximum absolute atomic E-state index is 11.0. The van der Waals surface area contributed by atoms with Crippen molar-refractivity contribution < 1.29 is 9.59 Å². The quantitative estimate of drug-likeness (QED) is 0.681. The summed E-state index contributed by atoms with van der Waals surface area (Å²) in [5, 5.41) is 6.48. The van der Waals surface area contributed by atoms with Gasteiger partial charge in [-0.2, -0.15) is 0 Å². The maximum atomic E-state index is 11.0. The van der Waals surface area contributed by atoms with Gasteiger partial charge in [0, 0.05) is 49.9 Å². The van der Waals surface area contributed by atoms with Crippen LogP contribution in [0.4, 0.5) is 0 Å². The Balaban J connectivity index is 0.000000180. The first-order valence-corrected chi connectivity index (χ1v) is 6.92. The predicted octanol–water partition coefficient (Wildman–Crippen LogP) is 1.15. The molecule has 4 nitrogen and oxygen atoms in total. The summed E-state index contributed by atoms with van der Waals surface area (Å²) >= 11 is 0. The fourth-order valence-corrected chi connectivity index (χ4v) is 2.13. The van der Waals surface area contributed by atoms with Crippen molar-refractivity contribution in [2.75, 3.05) is 13.1 Å². The molecule has 0 aromatic rings. The molecule has 2 aliphatic rings. The molecule has 2 N–H and O–H groups in total. The van der Waals surface area contributed by atoms with E-state index in [1.54, 1.807) is 0 Å². The molecule has 4 unspecified atom stereocenters. The molecule has 0 radical (unpaired) electrons. The number of carbonyl (C=O) groups excluding carboxylic acids is 2. The molecular formula is C14H26N2O2. The Bertz CT molecular complexity index is 274. The van der Waals surface area contributed by atoms with Gasteiger partial charge in [0.2, 0.25) is 0 Å². The number of hydrogen-bond donors (Lipinski definition) is 2. The van der Waals surface area contributed by atoms with Gasteiger partial charge in [0.25, 0.3) is 0 Å². The van der Waals surface area contributed by atoms with E-state index in [9.17, 15) is 9.59 Å². The second-order valence-electron chi connectivity index (χ2n) is 5.76. The number of carbonyl (C=O) groups is 2. The Morgan fingerprint density at radius 2 is 1.11 bits per heavy atom. The SMILES string of the molecule is CC1CC(=O)C(C)CN1.CC1CC(=O)C(C)CN1. The van der Waals surface area contributed by atoms with Crippen LogP contribution < -0.4 is 10.6 Å². The van der Waals surface area contributed by atoms with E-state index in [4.69, 9.17) is 0 Å². The van der Waals surface area contributed by atoms with Crippen LogP contribution in [0.3, 0.4) is 0 Å². The summed E-state index contributed by atoms with van der Waals surface area (Å²) < 4.78 is 0. The van der Waals surface area contributed by atoms with Crippen LogP contribution in [0.15, 0.2) is 0 Å². The van der Waals surface area contributed by atoms with Crippen molar-refractivity contribution in [3.05, 3.63) is 0 Å². The van der Waals surface area contributed by atoms with Crippen molar-refractivity contribution in [3.63, 3.8) is 0 Å². The molecule has 0 bridgehead atoms. The fraction of sp³-hybridized carbons (Fsp3) is 0.857. The maximum Gasteiger partial charge on any atom is 0.138 e. The third-order valence-electron chi connectivity index (χ3n) is 3.66. The van der Waals surface area contributed by atoms with Crippen LogP contribution in [0.1, 0.15) is 40.5 Å². The lowest BCUT2D eigenvalue weighted by Gasteiger charge is -2.23. The molecule has 2 fully saturated rings. The third-order valence-corrected chi connectivity index (χ3v) is 3.66. The van der Waals surface area contributed by atoms with Gasteiger partial charge in [-0.25, -0.2) is 0 Å². The summed E-state index contributed by atoms with van der Waals surface area (Å²) in [4.78, 5) is 21.9. The zero-order valence-electron chi connectivity index (χ0n) is 12.0. The molecule has 0 saturated carbocycles. The summed E-state index contributed by atoms with van der Waals surface area (Å²) in [6.45, 7) is 9.76. The first-order chi connectivity index (χ1) is 8.40. The van der Waals surface area contributed by atoms with E-state index in [-0.39, 0.29) is 11.8 Å². The average molecular weight is 254 g/mol. The average Bonchev–Trinajstić information content (AvgIpc) is 2.30. The summed E-state index contributed by atoms with van der Waals surface area (Å²) in [7, 11) is 0. The van der Waals surface area contributed by atoms with Crippen LogP contribution >= 0.6 is 0 Å². The Morgan fingerprint density at radius 1 is 0.778 bits per heavy atom. The summed E-state index contributed by atoms with van der Waals surface area (Å²) in [5.74, 6) is 1.28. The Morgan fingerprint density at radius 3 is 1.33 bits per heavy atom. The molecule has 104 valence electrons. The lowest BCUT2D eigenvalue weighted by Crippen LogP contribution is -2.41. The number of Topliss-reactive ketones (excluding diaryl/α,β-unsaturated/α-hetero) is 2. The molecule has 4 heteroatoms. The van der Waals surface area contributed by atoms with Crippen LogP contribution in [0.25, 0.3) is 0 Å². The summed E-state index contributed by atoms with van der Waals surface area (Å²) in [5.41, 5.74) is 0. The molecule has 2 aliphatic heterocycles. The summed E-state index contributed by atoms with van der Waals surface area (Å²) in [6, 6.07) is 0.794. The van der Waals surface area contributed by atoms with E-state index in [1.165, 1.54) is 0 Å². The van der Waals surface area contributed by atoms with Gasteiger partial charge in [-0.1, -0.05) is 13.8 Å². The van der Waals surface area contributed by atoms with Gasteiger partial charge in [-0.15, -0.1) is 0 Å². The van der Waals surface area contributed by atoms with Gasteiger partial charge in [0.1, 0.15) is 11.6 Å². The molecule has 0 aliphatic carbocycles. The van der Waals surface area contributed by atoms with Crippen molar-refractivity contribution in [3.8, 4) is 0 Å². The van der Waals surface area contributed by atoms with Gasteiger partial charge < -0.3 is 10.6 Å². The van der Waals surface area contributed by atoms with Crippen molar-refractivity contribution >= 4 is 11.6 Å². The standard InChI is InChI=1S/2C7H13NO/c2*1-5-4-8-6(2)3-7(5)9/h2*5-6,8H,3-4H2,1-2H3. The van der Waals surface area contributed by atoms with Crippen LogP contribution in [0.2, 0.25) is 0 Å². The predicted molar refractivity (Wildman–Crippen MR) is 72.5 cm³/mol. The largest absolute Gasteiger partial charge is 0.313 e. The number of nitrogens with one attached hydrogen (secondary N) is 2. The molecule has 2 rings (SSSR count). The van der Waals surface area contributed by atoms with E-state index < -0.39 is 0 Å². The van der Waals surface area contributed by atoms with Crippen LogP contribution in [0, 0.1) is 11.8 Å². The minimum Gasteiger partial charge on any atom is -0.313 e. The highest BCUT2D eigenvalue weighted by Gasteiger charge is 2.21. The van der Waals surface area contributed by atoms with Gasteiger partial charge in [0.05, 0.1) is 0 Å². The number of hydrogen-bond acceptors (Lipinski definition) is 4. The van der Waals surface area contributed by atoms with Crippen molar-refractivity contribution in [1.82, 2.24) is 10.6 Å². The highest BCUT2D eigenvalue weighted by Crippen LogP contribution is 2.08. The van der Waals surface area contributed by atoms with E-state index in [0.29, 0.717) is 36.5 Å². The van der Waals surface area contributed by atoms with Crippen molar-refractivity contribution in [2.45, 2.75) is 52.6 Å². The van der Waals surface area contributed by atoms with Crippen LogP contribution in [-0.2, 0) is 9.59 Å². The molecule has 18 heavy (non-hydrogen) atoms. The third kappa shape index (κ3) is 4.86. The zero-order chi connectivity index (χ0) is 13.7. The Kier molecular flexibility index (Phi) is 5.96. The first-order valence-electron chi connectivity index (χ1n) is 6.92. The Hall–Kier alpha value is -0.740. The highest BCUT2D eigenvalue weighted by molar-refractivity contribution is 5.82. The lowest BCUT2D eigenvalue weighted by atomic mass is 9.96. The number of ketones is 2. The highest BCUT2D eigenvalue weighted by atomic mass is 16.1. The summed E-state index contributed by atoms with van der Waals surface area (Å²) in [6.07, 6.45) is 1.42. The monoisotopic (exact) mass is 254 g/mol. The molecule has 2 saturated heterocycles. The molecule has 0 amide bonds. The van der Waals surface area contributed by atoms with Crippen LogP contribution in [-0.4, -0.2) is 36.7 Å². The van der Waals surface area contributed by atoms with Crippen molar-refractivity contribution in [1.29, 1.82) is 0 Å². The van der Waals surface area contributed by atoms with E-state index in [0.717, 1.165) is 13.1 Å². The zero-order valence-corrected chi connectivity index (χ0v) is 12.0. The van der Waals surface area contributed by atoms with Gasteiger partial charge in [-0.05, 0) is 13.8 Å². The second-order valence-corrected chi connectivity index (χ2v) is 5.76. The molecule has 4 atom stereocenters. The molecule has 2 heterocycles. The first kappa shape index (κ1) is 15.3. The van der Waals surface area contributed by atoms with Gasteiger partial charge in [-0.3, -0.25) is 9.59 Å². The smallest absolute Gasteiger partial charge is 0.138 e. The number of piperidine rings is 2. The molecular weight excluding hydrogens is 228 g/mol. The number of rotatable bonds is 0. The van der Waals surface area contributed by atoms with Crippen molar-refractivity contribution in [2.24, 2.45) is 11.8 Å². The molecule has 0 spiro atoms. The topological polar surface area (TPSA) is 58.2 Å². The van der Waals surface area contributed by atoms with Crippen LogP contribution in [0.5, 0.6) is 0 Å².